The van der Waals surface area contributed by atoms with Gasteiger partial charge in [0.05, 0.1) is 11.8 Å². The van der Waals surface area contributed by atoms with Gasteiger partial charge < -0.3 is 4.57 Å². The van der Waals surface area contributed by atoms with E-state index in [2.05, 4.69) is 28.2 Å². The number of amides is 1. The van der Waals surface area contributed by atoms with Gasteiger partial charge in [-0.2, -0.15) is 5.26 Å². The third-order valence-electron chi connectivity index (χ3n) is 4.03. The zero-order valence-corrected chi connectivity index (χ0v) is 16.3. The Morgan fingerprint density at radius 3 is 2.61 bits per heavy atom. The number of nitrogens with zero attached hydrogens (tertiary/aromatic N) is 6. The lowest BCUT2D eigenvalue weighted by Gasteiger charge is -2.19. The van der Waals surface area contributed by atoms with Gasteiger partial charge in [-0.1, -0.05) is 36.9 Å². The number of para-hydroxylation sites is 1. The summed E-state index contributed by atoms with van der Waals surface area (Å²) in [7, 11) is 0. The highest BCUT2D eigenvalue weighted by atomic mass is 32.2. The Balaban J connectivity index is 1.77. The SMILES string of the molecule is CCCn1c(SCC(=O)N(CC#N)c2ccccc2)nnc1-c1ccncc1. The van der Waals surface area contributed by atoms with E-state index < -0.39 is 0 Å². The third kappa shape index (κ3) is 4.56. The van der Waals surface area contributed by atoms with Crippen LogP contribution >= 0.6 is 11.8 Å². The number of hydrogen-bond acceptors (Lipinski definition) is 6. The van der Waals surface area contributed by atoms with E-state index in [0.29, 0.717) is 10.8 Å². The Bertz CT molecular complexity index is 952. The predicted molar refractivity (Wildman–Crippen MR) is 109 cm³/mol. The lowest BCUT2D eigenvalue weighted by molar-refractivity contribution is -0.116. The molecular formula is C20H20N6OS. The number of pyridine rings is 1. The van der Waals surface area contributed by atoms with Gasteiger partial charge in [-0.15, -0.1) is 10.2 Å². The molecule has 2 aromatic heterocycles. The van der Waals surface area contributed by atoms with Crippen molar-refractivity contribution in [2.24, 2.45) is 0 Å². The second-order valence-corrected chi connectivity index (χ2v) is 6.90. The largest absolute Gasteiger partial charge is 0.302 e. The van der Waals surface area contributed by atoms with Gasteiger partial charge in [0, 0.05) is 30.2 Å². The number of rotatable bonds is 8. The molecule has 8 heteroatoms. The Kier molecular flexibility index (Phi) is 6.76. The quantitative estimate of drug-likeness (QED) is 0.431. The Labute approximate surface area is 168 Å². The van der Waals surface area contributed by atoms with Gasteiger partial charge in [0.2, 0.25) is 5.91 Å². The van der Waals surface area contributed by atoms with Gasteiger partial charge in [0.25, 0.3) is 0 Å². The average Bonchev–Trinajstić information content (AvgIpc) is 3.14. The van der Waals surface area contributed by atoms with Crippen LogP contribution in [0.15, 0.2) is 60.0 Å². The molecule has 28 heavy (non-hydrogen) atoms. The van der Waals surface area contributed by atoms with E-state index in [0.717, 1.165) is 24.4 Å². The van der Waals surface area contributed by atoms with E-state index in [1.165, 1.54) is 16.7 Å². The van der Waals surface area contributed by atoms with Gasteiger partial charge in [-0.3, -0.25) is 14.7 Å². The molecule has 0 saturated carbocycles. The highest BCUT2D eigenvalue weighted by Crippen LogP contribution is 2.25. The molecule has 0 spiro atoms. The summed E-state index contributed by atoms with van der Waals surface area (Å²) in [6.45, 7) is 2.84. The molecule has 2 heterocycles. The van der Waals surface area contributed by atoms with Gasteiger partial charge in [-0.25, -0.2) is 0 Å². The van der Waals surface area contributed by atoms with E-state index in [-0.39, 0.29) is 18.2 Å². The minimum Gasteiger partial charge on any atom is -0.302 e. The molecule has 0 aliphatic rings. The lowest BCUT2D eigenvalue weighted by Crippen LogP contribution is -2.32. The van der Waals surface area contributed by atoms with Crippen molar-refractivity contribution in [2.45, 2.75) is 25.0 Å². The highest BCUT2D eigenvalue weighted by molar-refractivity contribution is 7.99. The summed E-state index contributed by atoms with van der Waals surface area (Å²) >= 11 is 1.33. The molecule has 7 nitrogen and oxygen atoms in total. The van der Waals surface area contributed by atoms with Crippen LogP contribution in [0.1, 0.15) is 13.3 Å². The average molecular weight is 392 g/mol. The van der Waals surface area contributed by atoms with Crippen LogP contribution in [0.3, 0.4) is 0 Å². The molecule has 0 fully saturated rings. The third-order valence-corrected chi connectivity index (χ3v) is 4.98. The van der Waals surface area contributed by atoms with Crippen LogP contribution in [0.5, 0.6) is 0 Å². The fourth-order valence-corrected chi connectivity index (χ4v) is 3.58. The first-order valence-corrected chi connectivity index (χ1v) is 9.92. The van der Waals surface area contributed by atoms with E-state index in [4.69, 9.17) is 5.26 Å². The maximum Gasteiger partial charge on any atom is 0.238 e. The molecule has 0 aliphatic carbocycles. The first-order chi connectivity index (χ1) is 13.7. The zero-order valence-electron chi connectivity index (χ0n) is 15.5. The minimum absolute atomic E-state index is 0.00726. The van der Waals surface area contributed by atoms with Crippen LogP contribution in [-0.4, -0.2) is 38.0 Å². The topological polar surface area (TPSA) is 87.7 Å². The normalized spacial score (nSPS) is 10.4. The number of hydrogen-bond donors (Lipinski definition) is 0. The fraction of sp³-hybridized carbons (Fsp3) is 0.250. The zero-order chi connectivity index (χ0) is 19.8. The van der Waals surface area contributed by atoms with Gasteiger partial charge in [-0.05, 0) is 30.7 Å². The van der Waals surface area contributed by atoms with Crippen LogP contribution in [-0.2, 0) is 11.3 Å². The van der Waals surface area contributed by atoms with Crippen LogP contribution in [0.25, 0.3) is 11.4 Å². The minimum atomic E-state index is -0.144. The number of nitriles is 1. The molecule has 3 rings (SSSR count). The molecule has 0 aliphatic heterocycles. The van der Waals surface area contributed by atoms with Gasteiger partial charge >= 0.3 is 0 Å². The first kappa shape index (κ1) is 19.6. The fourth-order valence-electron chi connectivity index (χ4n) is 2.74. The molecule has 0 unspecified atom stereocenters. The Morgan fingerprint density at radius 1 is 1.18 bits per heavy atom. The van der Waals surface area contributed by atoms with Crippen LogP contribution in [0, 0.1) is 11.3 Å². The van der Waals surface area contributed by atoms with Crippen molar-refractivity contribution >= 4 is 23.4 Å². The van der Waals surface area contributed by atoms with Crippen molar-refractivity contribution in [3.63, 3.8) is 0 Å². The van der Waals surface area contributed by atoms with E-state index in [1.807, 2.05) is 47.0 Å². The molecule has 0 radical (unpaired) electrons. The van der Waals surface area contributed by atoms with Crippen molar-refractivity contribution in [2.75, 3.05) is 17.2 Å². The molecule has 0 bridgehead atoms. The number of benzene rings is 1. The van der Waals surface area contributed by atoms with Gasteiger partial charge in [0.15, 0.2) is 11.0 Å². The van der Waals surface area contributed by atoms with Crippen molar-refractivity contribution in [3.8, 4) is 17.5 Å². The molecule has 0 atom stereocenters. The monoisotopic (exact) mass is 392 g/mol. The summed E-state index contributed by atoms with van der Waals surface area (Å²) in [5, 5.41) is 18.4. The van der Waals surface area contributed by atoms with E-state index in [1.54, 1.807) is 12.4 Å². The van der Waals surface area contributed by atoms with E-state index >= 15 is 0 Å². The summed E-state index contributed by atoms with van der Waals surface area (Å²) < 4.78 is 2.02. The highest BCUT2D eigenvalue weighted by Gasteiger charge is 2.19. The van der Waals surface area contributed by atoms with Crippen molar-refractivity contribution in [1.29, 1.82) is 5.26 Å². The molecule has 1 aromatic carbocycles. The van der Waals surface area contributed by atoms with E-state index in [9.17, 15) is 4.79 Å². The number of carbonyl (C=O) groups is 1. The Morgan fingerprint density at radius 2 is 1.93 bits per heavy atom. The molecule has 0 N–H and O–H groups in total. The summed E-state index contributed by atoms with van der Waals surface area (Å²) in [6, 6.07) is 15.0. The van der Waals surface area contributed by atoms with Crippen molar-refractivity contribution in [1.82, 2.24) is 19.7 Å². The summed E-state index contributed by atoms with van der Waals surface area (Å²) in [5.74, 6) is 0.791. The number of anilines is 1. The number of aromatic nitrogens is 4. The molecular weight excluding hydrogens is 372 g/mol. The van der Waals surface area contributed by atoms with Crippen molar-refractivity contribution in [3.05, 3.63) is 54.9 Å². The predicted octanol–water partition coefficient (Wildman–Crippen LogP) is 3.40. The van der Waals surface area contributed by atoms with Crippen LogP contribution < -0.4 is 4.90 Å². The molecule has 0 saturated heterocycles. The smallest absolute Gasteiger partial charge is 0.238 e. The van der Waals surface area contributed by atoms with Crippen LogP contribution in [0.4, 0.5) is 5.69 Å². The summed E-state index contributed by atoms with van der Waals surface area (Å²) in [6.07, 6.45) is 4.36. The lowest BCUT2D eigenvalue weighted by atomic mass is 10.2. The van der Waals surface area contributed by atoms with Gasteiger partial charge in [0.1, 0.15) is 6.54 Å². The molecule has 142 valence electrons. The summed E-state index contributed by atoms with van der Waals surface area (Å²) in [4.78, 5) is 18.3. The second kappa shape index (κ2) is 9.67. The van der Waals surface area contributed by atoms with Crippen molar-refractivity contribution < 1.29 is 4.79 Å². The standard InChI is InChI=1S/C20H20N6OS/c1-2-13-26-19(16-8-11-22-12-9-16)23-24-20(26)28-15-18(27)25(14-10-21)17-6-4-3-5-7-17/h3-9,11-12H,2,13-15H2,1H3. The maximum atomic E-state index is 12.7. The first-order valence-electron chi connectivity index (χ1n) is 8.93. The summed E-state index contributed by atoms with van der Waals surface area (Å²) in [5.41, 5.74) is 1.65. The molecule has 1 amide bonds. The number of carbonyl (C=O) groups excluding carboxylic acids is 1. The van der Waals surface area contributed by atoms with Crippen LogP contribution in [0.2, 0.25) is 0 Å². The maximum absolute atomic E-state index is 12.7. The Hall–Kier alpha value is -3.18. The molecule has 3 aromatic rings. The number of thioether (sulfide) groups is 1. The second-order valence-electron chi connectivity index (χ2n) is 5.96.